The molecule has 0 amide bonds. The molecule has 0 fully saturated rings. The minimum absolute atomic E-state index is 0.0786. The Hall–Kier alpha value is -1.68. The van der Waals surface area contributed by atoms with Gasteiger partial charge < -0.3 is 4.74 Å². The molecule has 19 heavy (non-hydrogen) atoms. The second-order valence-electron chi connectivity index (χ2n) is 4.50. The van der Waals surface area contributed by atoms with Crippen molar-refractivity contribution in [3.8, 4) is 5.75 Å². The van der Waals surface area contributed by atoms with Crippen molar-refractivity contribution in [2.45, 2.75) is 27.2 Å². The summed E-state index contributed by atoms with van der Waals surface area (Å²) in [5.74, 6) is 0.919. The fourth-order valence-electron chi connectivity index (χ4n) is 1.85. The molecule has 2 aromatic rings. The number of ether oxygens (including phenoxy) is 1. The average molecular weight is 275 g/mol. The number of rotatable bonds is 5. The average Bonchev–Trinajstić information content (AvgIpc) is 2.77. The van der Waals surface area contributed by atoms with Crippen LogP contribution in [0.1, 0.15) is 33.4 Å². The van der Waals surface area contributed by atoms with E-state index in [1.165, 1.54) is 4.88 Å². The van der Waals surface area contributed by atoms with Gasteiger partial charge in [0.25, 0.3) is 0 Å². The number of hydrogen-bond acceptors (Lipinski definition) is 4. The lowest BCUT2D eigenvalue weighted by atomic mass is 10.1. The Morgan fingerprint density at radius 2 is 2.16 bits per heavy atom. The summed E-state index contributed by atoms with van der Waals surface area (Å²) in [6, 6.07) is 5.55. The van der Waals surface area contributed by atoms with Crippen molar-refractivity contribution >= 4 is 17.1 Å². The van der Waals surface area contributed by atoms with E-state index in [-0.39, 0.29) is 5.78 Å². The van der Waals surface area contributed by atoms with E-state index in [0.717, 1.165) is 29.0 Å². The van der Waals surface area contributed by atoms with Crippen molar-refractivity contribution in [1.82, 2.24) is 4.98 Å². The van der Waals surface area contributed by atoms with E-state index in [4.69, 9.17) is 4.74 Å². The van der Waals surface area contributed by atoms with Crippen LogP contribution in [-0.2, 0) is 6.42 Å². The van der Waals surface area contributed by atoms with Crippen LogP contribution >= 0.6 is 11.3 Å². The van der Waals surface area contributed by atoms with Gasteiger partial charge in [-0.25, -0.2) is 4.98 Å². The van der Waals surface area contributed by atoms with E-state index in [9.17, 15) is 4.79 Å². The van der Waals surface area contributed by atoms with Gasteiger partial charge in [-0.15, -0.1) is 11.3 Å². The van der Waals surface area contributed by atoms with Crippen molar-refractivity contribution in [2.24, 2.45) is 0 Å². The molecule has 0 saturated heterocycles. The van der Waals surface area contributed by atoms with Crippen LogP contribution in [0, 0.1) is 13.8 Å². The number of aryl methyl sites for hydroxylation is 2. The molecule has 0 aliphatic carbocycles. The van der Waals surface area contributed by atoms with Crippen LogP contribution in [0.2, 0.25) is 0 Å². The zero-order valence-corrected chi connectivity index (χ0v) is 12.2. The van der Waals surface area contributed by atoms with Crippen LogP contribution in [0.4, 0.5) is 0 Å². The zero-order chi connectivity index (χ0) is 13.8. The molecule has 3 nitrogen and oxygen atoms in total. The van der Waals surface area contributed by atoms with E-state index in [1.807, 2.05) is 37.6 Å². The Kier molecular flexibility index (Phi) is 4.32. The van der Waals surface area contributed by atoms with Gasteiger partial charge in [0.15, 0.2) is 5.78 Å². The van der Waals surface area contributed by atoms with Crippen molar-refractivity contribution in [3.63, 3.8) is 0 Å². The predicted octanol–water partition coefficient (Wildman–Crippen LogP) is 3.58. The van der Waals surface area contributed by atoms with Gasteiger partial charge in [0.1, 0.15) is 5.75 Å². The fraction of sp³-hybridized carbons (Fsp3) is 0.333. The topological polar surface area (TPSA) is 39.2 Å². The number of carbonyl (C=O) groups excluding carboxylic acids is 1. The molecule has 4 heteroatoms. The van der Waals surface area contributed by atoms with Gasteiger partial charge in [-0.1, -0.05) is 0 Å². The molecule has 1 aromatic carbocycles. The maximum atomic E-state index is 11.3. The minimum atomic E-state index is 0.0786. The third kappa shape index (κ3) is 3.41. The monoisotopic (exact) mass is 275 g/mol. The van der Waals surface area contributed by atoms with E-state index in [2.05, 4.69) is 4.98 Å². The first-order chi connectivity index (χ1) is 9.08. The number of nitrogens with zero attached hydrogens (tertiary/aromatic N) is 1. The van der Waals surface area contributed by atoms with Gasteiger partial charge in [-0.3, -0.25) is 4.79 Å². The normalized spacial score (nSPS) is 10.5. The quantitative estimate of drug-likeness (QED) is 0.783. The molecule has 100 valence electrons. The third-order valence-electron chi connectivity index (χ3n) is 3.01. The first-order valence-corrected chi connectivity index (χ1v) is 7.09. The molecule has 0 atom stereocenters. The van der Waals surface area contributed by atoms with Gasteiger partial charge in [-0.05, 0) is 44.5 Å². The highest BCUT2D eigenvalue weighted by Gasteiger charge is 2.06. The Bertz CT molecular complexity index is 590. The molecular formula is C15H17NO2S. The molecule has 0 aliphatic rings. The predicted molar refractivity (Wildman–Crippen MR) is 77.2 cm³/mol. The highest BCUT2D eigenvalue weighted by atomic mass is 32.1. The Morgan fingerprint density at radius 1 is 1.37 bits per heavy atom. The van der Waals surface area contributed by atoms with Crippen LogP contribution in [-0.4, -0.2) is 17.4 Å². The number of Topliss-reactive ketones (excluding diaryl/α,β-unsaturated/α-hetero) is 1. The Balaban J connectivity index is 1.96. The fourth-order valence-corrected chi connectivity index (χ4v) is 2.61. The van der Waals surface area contributed by atoms with Crippen molar-refractivity contribution in [3.05, 3.63) is 45.4 Å². The molecule has 2 rings (SSSR count). The van der Waals surface area contributed by atoms with E-state index in [1.54, 1.807) is 18.3 Å². The van der Waals surface area contributed by atoms with E-state index in [0.29, 0.717) is 6.61 Å². The molecule has 0 saturated carbocycles. The Labute approximate surface area is 117 Å². The lowest BCUT2D eigenvalue weighted by Crippen LogP contribution is -2.03. The summed E-state index contributed by atoms with van der Waals surface area (Å²) in [5, 5.41) is 0. The maximum absolute atomic E-state index is 11.3. The van der Waals surface area contributed by atoms with Crippen LogP contribution < -0.4 is 4.74 Å². The summed E-state index contributed by atoms with van der Waals surface area (Å²) in [7, 11) is 0. The molecule has 0 N–H and O–H groups in total. The van der Waals surface area contributed by atoms with Crippen LogP contribution in [0.15, 0.2) is 23.7 Å². The summed E-state index contributed by atoms with van der Waals surface area (Å²) in [5.41, 5.74) is 4.66. The van der Waals surface area contributed by atoms with Crippen molar-refractivity contribution in [1.29, 1.82) is 0 Å². The number of hydrogen-bond donors (Lipinski definition) is 0. The molecule has 1 aromatic heterocycles. The van der Waals surface area contributed by atoms with E-state index < -0.39 is 0 Å². The third-order valence-corrected chi connectivity index (χ3v) is 4.01. The highest BCUT2D eigenvalue weighted by Crippen LogP contribution is 2.20. The standard InChI is InChI=1S/C15H17NO2S/c1-10-8-13(12(3)17)4-5-14(10)18-7-6-15-11(2)16-9-19-15/h4-5,8-9H,6-7H2,1-3H3. The first-order valence-electron chi connectivity index (χ1n) is 6.21. The summed E-state index contributed by atoms with van der Waals surface area (Å²) in [4.78, 5) is 16.7. The molecular weight excluding hydrogens is 258 g/mol. The Morgan fingerprint density at radius 3 is 2.74 bits per heavy atom. The van der Waals surface area contributed by atoms with Gasteiger partial charge in [-0.2, -0.15) is 0 Å². The largest absolute Gasteiger partial charge is 0.493 e. The van der Waals surface area contributed by atoms with Crippen molar-refractivity contribution in [2.75, 3.05) is 6.61 Å². The second kappa shape index (κ2) is 5.97. The highest BCUT2D eigenvalue weighted by molar-refractivity contribution is 7.09. The molecule has 0 bridgehead atoms. The van der Waals surface area contributed by atoms with Gasteiger partial charge >= 0.3 is 0 Å². The van der Waals surface area contributed by atoms with Crippen LogP contribution in [0.25, 0.3) is 0 Å². The summed E-state index contributed by atoms with van der Waals surface area (Å²) in [6.45, 7) is 6.17. The van der Waals surface area contributed by atoms with Crippen molar-refractivity contribution < 1.29 is 9.53 Å². The first kappa shape index (κ1) is 13.7. The number of aromatic nitrogens is 1. The SMILES string of the molecule is CC(=O)c1ccc(OCCc2scnc2C)c(C)c1. The minimum Gasteiger partial charge on any atom is -0.493 e. The van der Waals surface area contributed by atoms with Crippen LogP contribution in [0.3, 0.4) is 0 Å². The summed E-state index contributed by atoms with van der Waals surface area (Å²) < 4.78 is 5.77. The smallest absolute Gasteiger partial charge is 0.159 e. The lowest BCUT2D eigenvalue weighted by molar-refractivity contribution is 0.101. The number of benzene rings is 1. The second-order valence-corrected chi connectivity index (χ2v) is 5.44. The van der Waals surface area contributed by atoms with Gasteiger partial charge in [0.05, 0.1) is 17.8 Å². The maximum Gasteiger partial charge on any atom is 0.159 e. The molecule has 0 spiro atoms. The summed E-state index contributed by atoms with van der Waals surface area (Å²) in [6.07, 6.45) is 0.865. The molecule has 1 heterocycles. The number of thiazole rings is 1. The van der Waals surface area contributed by atoms with E-state index >= 15 is 0 Å². The molecule has 0 unspecified atom stereocenters. The van der Waals surface area contributed by atoms with Gasteiger partial charge in [0.2, 0.25) is 0 Å². The molecule has 0 radical (unpaired) electrons. The lowest BCUT2D eigenvalue weighted by Gasteiger charge is -2.09. The number of ketones is 1. The van der Waals surface area contributed by atoms with Gasteiger partial charge in [0, 0.05) is 16.9 Å². The molecule has 0 aliphatic heterocycles. The van der Waals surface area contributed by atoms with Crippen LogP contribution in [0.5, 0.6) is 5.75 Å². The summed E-state index contributed by atoms with van der Waals surface area (Å²) >= 11 is 1.66. The zero-order valence-electron chi connectivity index (χ0n) is 11.4. The number of carbonyl (C=O) groups is 1.